The monoisotopic (exact) mass is 404 g/mol. The molecule has 0 aromatic heterocycles. The molecular formula is C17H13IN2O2. The Kier molecular flexibility index (Phi) is 5.98. The molecule has 0 radical (unpaired) electrons. The molecule has 0 heterocycles. The summed E-state index contributed by atoms with van der Waals surface area (Å²) in [6.07, 6.45) is 6.68. The zero-order valence-corrected chi connectivity index (χ0v) is 13.8. The van der Waals surface area contributed by atoms with E-state index >= 15 is 0 Å². The highest BCUT2D eigenvalue weighted by molar-refractivity contribution is 14.1. The van der Waals surface area contributed by atoms with Crippen molar-refractivity contribution in [3.05, 3.63) is 63.2 Å². The zero-order chi connectivity index (χ0) is 15.8. The van der Waals surface area contributed by atoms with E-state index in [4.69, 9.17) is 11.2 Å². The normalized spacial score (nSPS) is 10.2. The van der Waals surface area contributed by atoms with E-state index in [-0.39, 0.29) is 12.5 Å². The van der Waals surface area contributed by atoms with Crippen LogP contribution in [-0.4, -0.2) is 18.7 Å². The van der Waals surface area contributed by atoms with Gasteiger partial charge in [-0.3, -0.25) is 4.79 Å². The van der Waals surface area contributed by atoms with Crippen molar-refractivity contribution in [3.63, 3.8) is 0 Å². The molecule has 4 nitrogen and oxygen atoms in total. The van der Waals surface area contributed by atoms with Crippen LogP contribution in [-0.2, 0) is 0 Å². The number of carbonyl (C=O) groups is 1. The van der Waals surface area contributed by atoms with Gasteiger partial charge in [0.15, 0.2) is 0 Å². The number of hydrogen-bond acceptors (Lipinski definition) is 3. The molecule has 2 aromatic carbocycles. The first-order valence-electron chi connectivity index (χ1n) is 6.44. The van der Waals surface area contributed by atoms with Crippen molar-refractivity contribution in [2.24, 2.45) is 5.10 Å². The van der Waals surface area contributed by atoms with Crippen LogP contribution in [0.3, 0.4) is 0 Å². The average Bonchev–Trinajstić information content (AvgIpc) is 2.54. The second kappa shape index (κ2) is 8.20. The number of nitrogens with one attached hydrogen (secondary N) is 1. The van der Waals surface area contributed by atoms with Gasteiger partial charge in [0.25, 0.3) is 5.91 Å². The molecule has 2 rings (SSSR count). The number of hydrogen-bond donors (Lipinski definition) is 1. The van der Waals surface area contributed by atoms with E-state index in [2.05, 4.69) is 39.0 Å². The number of carbonyl (C=O) groups excluding carboxylic acids is 1. The minimum absolute atomic E-state index is 0.236. The number of nitrogens with zero attached hydrogens (tertiary/aromatic N) is 1. The first-order valence-corrected chi connectivity index (χ1v) is 7.52. The topological polar surface area (TPSA) is 50.7 Å². The quantitative estimate of drug-likeness (QED) is 0.361. The molecule has 0 atom stereocenters. The fourth-order valence-electron chi connectivity index (χ4n) is 1.61. The SMILES string of the molecule is C#CCOc1ccc(/C=N\NC(=O)c2ccc(I)cc2)cc1. The number of amides is 1. The molecule has 0 bridgehead atoms. The van der Waals surface area contributed by atoms with E-state index in [1.54, 1.807) is 30.5 Å². The summed E-state index contributed by atoms with van der Waals surface area (Å²) in [5, 5.41) is 3.93. The number of rotatable bonds is 5. The summed E-state index contributed by atoms with van der Waals surface area (Å²) in [7, 11) is 0. The van der Waals surface area contributed by atoms with Gasteiger partial charge in [0.2, 0.25) is 0 Å². The van der Waals surface area contributed by atoms with Gasteiger partial charge < -0.3 is 4.74 Å². The zero-order valence-electron chi connectivity index (χ0n) is 11.6. The van der Waals surface area contributed by atoms with Gasteiger partial charge in [0, 0.05) is 9.13 Å². The molecule has 1 N–H and O–H groups in total. The minimum Gasteiger partial charge on any atom is -0.481 e. The van der Waals surface area contributed by atoms with Crippen molar-refractivity contribution in [1.82, 2.24) is 5.43 Å². The third-order valence-corrected chi connectivity index (χ3v) is 3.41. The van der Waals surface area contributed by atoms with Crippen LogP contribution in [0.4, 0.5) is 0 Å². The van der Waals surface area contributed by atoms with E-state index in [0.717, 1.165) is 9.13 Å². The molecule has 5 heteroatoms. The van der Waals surface area contributed by atoms with E-state index in [1.807, 2.05) is 24.3 Å². The molecule has 1 amide bonds. The van der Waals surface area contributed by atoms with Crippen LogP contribution in [0.1, 0.15) is 15.9 Å². The standard InChI is InChI=1S/C17H13IN2O2/c1-2-11-22-16-9-3-13(4-10-16)12-19-20-17(21)14-5-7-15(18)8-6-14/h1,3-10,12H,11H2,(H,20,21)/b19-12-. The Morgan fingerprint density at radius 3 is 2.55 bits per heavy atom. The van der Waals surface area contributed by atoms with Crippen LogP contribution in [0.2, 0.25) is 0 Å². The van der Waals surface area contributed by atoms with Crippen LogP contribution < -0.4 is 10.2 Å². The predicted octanol–water partition coefficient (Wildman–Crippen LogP) is 3.07. The van der Waals surface area contributed by atoms with Gasteiger partial charge in [-0.1, -0.05) is 5.92 Å². The lowest BCUT2D eigenvalue weighted by atomic mass is 10.2. The molecule has 22 heavy (non-hydrogen) atoms. The van der Waals surface area contributed by atoms with E-state index < -0.39 is 0 Å². The van der Waals surface area contributed by atoms with Crippen molar-refractivity contribution in [3.8, 4) is 18.1 Å². The summed E-state index contributed by atoms with van der Waals surface area (Å²) in [5.74, 6) is 2.84. The summed E-state index contributed by atoms with van der Waals surface area (Å²) < 4.78 is 6.34. The molecule has 2 aromatic rings. The Labute approximate surface area is 142 Å². The van der Waals surface area contributed by atoms with Gasteiger partial charge in [0.1, 0.15) is 12.4 Å². The first-order chi connectivity index (χ1) is 10.7. The lowest BCUT2D eigenvalue weighted by Crippen LogP contribution is -2.17. The number of ether oxygens (including phenoxy) is 1. The van der Waals surface area contributed by atoms with Crippen molar-refractivity contribution >= 4 is 34.7 Å². The predicted molar refractivity (Wildman–Crippen MR) is 95.0 cm³/mol. The van der Waals surface area contributed by atoms with Gasteiger partial charge in [0.05, 0.1) is 6.21 Å². The number of benzene rings is 2. The van der Waals surface area contributed by atoms with Gasteiger partial charge >= 0.3 is 0 Å². The van der Waals surface area contributed by atoms with Crippen LogP contribution in [0.5, 0.6) is 5.75 Å². The van der Waals surface area contributed by atoms with Crippen molar-refractivity contribution in [1.29, 1.82) is 0 Å². The van der Waals surface area contributed by atoms with E-state index in [0.29, 0.717) is 11.3 Å². The largest absolute Gasteiger partial charge is 0.481 e. The molecule has 0 fully saturated rings. The number of terminal acetylenes is 1. The molecule has 0 spiro atoms. The molecule has 0 aliphatic heterocycles. The van der Waals surface area contributed by atoms with Crippen molar-refractivity contribution in [2.45, 2.75) is 0 Å². The highest BCUT2D eigenvalue weighted by atomic mass is 127. The minimum atomic E-state index is -0.248. The highest BCUT2D eigenvalue weighted by Crippen LogP contribution is 2.10. The van der Waals surface area contributed by atoms with E-state index in [9.17, 15) is 4.79 Å². The summed E-state index contributed by atoms with van der Waals surface area (Å²) in [4.78, 5) is 11.9. The maximum Gasteiger partial charge on any atom is 0.271 e. The third kappa shape index (κ3) is 4.90. The maximum atomic E-state index is 11.9. The molecule has 0 saturated heterocycles. The van der Waals surface area contributed by atoms with Gasteiger partial charge in [-0.2, -0.15) is 5.10 Å². The number of hydrazone groups is 1. The molecular weight excluding hydrogens is 391 g/mol. The molecule has 0 saturated carbocycles. The molecule has 0 aliphatic rings. The maximum absolute atomic E-state index is 11.9. The van der Waals surface area contributed by atoms with Gasteiger partial charge in [-0.05, 0) is 76.7 Å². The number of halogens is 1. The Morgan fingerprint density at radius 1 is 1.23 bits per heavy atom. The van der Waals surface area contributed by atoms with Crippen molar-refractivity contribution in [2.75, 3.05) is 6.61 Å². The fraction of sp³-hybridized carbons (Fsp3) is 0.0588. The lowest BCUT2D eigenvalue weighted by Gasteiger charge is -2.02. The van der Waals surface area contributed by atoms with Crippen molar-refractivity contribution < 1.29 is 9.53 Å². The summed E-state index contributed by atoms with van der Waals surface area (Å²) >= 11 is 2.18. The van der Waals surface area contributed by atoms with E-state index in [1.165, 1.54) is 0 Å². The summed E-state index contributed by atoms with van der Waals surface area (Å²) in [6, 6.07) is 14.5. The average molecular weight is 404 g/mol. The van der Waals surface area contributed by atoms with Gasteiger partial charge in [-0.25, -0.2) is 5.43 Å². The second-order valence-corrected chi connectivity index (χ2v) is 5.51. The summed E-state index contributed by atoms with van der Waals surface area (Å²) in [5.41, 5.74) is 3.89. The Balaban J connectivity index is 1.90. The molecule has 0 unspecified atom stereocenters. The molecule has 0 aliphatic carbocycles. The van der Waals surface area contributed by atoms with Crippen LogP contribution in [0.25, 0.3) is 0 Å². The Hall–Kier alpha value is -2.33. The van der Waals surface area contributed by atoms with Crippen LogP contribution in [0.15, 0.2) is 53.6 Å². The smallest absolute Gasteiger partial charge is 0.271 e. The van der Waals surface area contributed by atoms with Crippen LogP contribution in [0, 0.1) is 15.9 Å². The van der Waals surface area contributed by atoms with Crippen LogP contribution >= 0.6 is 22.6 Å². The molecule has 110 valence electrons. The lowest BCUT2D eigenvalue weighted by molar-refractivity contribution is 0.0955. The van der Waals surface area contributed by atoms with Gasteiger partial charge in [-0.15, -0.1) is 6.42 Å². The fourth-order valence-corrected chi connectivity index (χ4v) is 1.97. The Bertz CT molecular complexity index is 701. The first kappa shape index (κ1) is 16.0. The summed E-state index contributed by atoms with van der Waals surface area (Å²) in [6.45, 7) is 0.236. The Morgan fingerprint density at radius 2 is 1.91 bits per heavy atom. The third-order valence-electron chi connectivity index (χ3n) is 2.69. The highest BCUT2D eigenvalue weighted by Gasteiger charge is 2.02. The second-order valence-electron chi connectivity index (χ2n) is 4.27.